The van der Waals surface area contributed by atoms with E-state index in [9.17, 15) is 0 Å². The Bertz CT molecular complexity index is 400. The van der Waals surface area contributed by atoms with Gasteiger partial charge in [-0.25, -0.2) is 0 Å². The van der Waals surface area contributed by atoms with Crippen LogP contribution in [0.4, 0.5) is 0 Å². The highest BCUT2D eigenvalue weighted by Crippen LogP contribution is 2.35. The third-order valence-electron chi connectivity index (χ3n) is 3.37. The monoisotopic (exact) mass is 405 g/mol. The summed E-state index contributed by atoms with van der Waals surface area (Å²) < 4.78 is 7.93. The van der Waals surface area contributed by atoms with Gasteiger partial charge >= 0.3 is 0 Å². The summed E-state index contributed by atoms with van der Waals surface area (Å²) in [5, 5.41) is 0. The van der Waals surface area contributed by atoms with Gasteiger partial charge in [-0.3, -0.25) is 0 Å². The SMILES string of the molecule is CCCC(C)COc1c(Br)cc(CC(N)CC)cc1Br. The molecule has 0 spiro atoms. The molecule has 1 aromatic carbocycles. The van der Waals surface area contributed by atoms with Gasteiger partial charge in [-0.2, -0.15) is 0 Å². The fourth-order valence-corrected chi connectivity index (χ4v) is 3.63. The molecule has 0 bridgehead atoms. The summed E-state index contributed by atoms with van der Waals surface area (Å²) in [6.07, 6.45) is 4.27. The lowest BCUT2D eigenvalue weighted by Crippen LogP contribution is -2.21. The Morgan fingerprint density at radius 2 is 1.80 bits per heavy atom. The molecule has 0 aliphatic rings. The molecule has 2 atom stereocenters. The van der Waals surface area contributed by atoms with Crippen molar-refractivity contribution in [2.75, 3.05) is 6.61 Å². The normalized spacial score (nSPS) is 14.1. The van der Waals surface area contributed by atoms with Crippen LogP contribution in [-0.4, -0.2) is 12.6 Å². The Morgan fingerprint density at radius 3 is 2.30 bits per heavy atom. The van der Waals surface area contributed by atoms with E-state index in [1.54, 1.807) is 0 Å². The van der Waals surface area contributed by atoms with Crippen LogP contribution in [0.1, 0.15) is 45.6 Å². The number of halogens is 2. The van der Waals surface area contributed by atoms with Gasteiger partial charge in [-0.15, -0.1) is 0 Å². The molecule has 0 saturated carbocycles. The molecule has 2 unspecified atom stereocenters. The van der Waals surface area contributed by atoms with Crippen LogP contribution < -0.4 is 10.5 Å². The Morgan fingerprint density at radius 1 is 1.20 bits per heavy atom. The van der Waals surface area contributed by atoms with E-state index in [0.717, 1.165) is 34.1 Å². The lowest BCUT2D eigenvalue weighted by Gasteiger charge is -2.16. The van der Waals surface area contributed by atoms with Gasteiger partial charge < -0.3 is 10.5 Å². The molecule has 0 aliphatic carbocycles. The number of hydrogen-bond acceptors (Lipinski definition) is 2. The fourth-order valence-electron chi connectivity index (χ4n) is 2.12. The third-order valence-corrected chi connectivity index (χ3v) is 4.55. The van der Waals surface area contributed by atoms with Crippen molar-refractivity contribution in [3.05, 3.63) is 26.6 Å². The Balaban J connectivity index is 2.73. The highest BCUT2D eigenvalue weighted by molar-refractivity contribution is 9.11. The van der Waals surface area contributed by atoms with Gasteiger partial charge in [-0.1, -0.05) is 27.2 Å². The van der Waals surface area contributed by atoms with Crippen LogP contribution in [0.3, 0.4) is 0 Å². The average molecular weight is 407 g/mol. The second-order valence-electron chi connectivity index (χ2n) is 5.47. The van der Waals surface area contributed by atoms with Crippen molar-refractivity contribution in [1.29, 1.82) is 0 Å². The Labute approximate surface area is 139 Å². The first-order chi connectivity index (χ1) is 9.47. The number of ether oxygens (including phenoxy) is 1. The Hall–Kier alpha value is -0.0600. The summed E-state index contributed by atoms with van der Waals surface area (Å²) in [5.74, 6) is 1.47. The van der Waals surface area contributed by atoms with Crippen molar-refractivity contribution in [2.45, 2.75) is 52.5 Å². The molecular formula is C16H25Br2NO. The van der Waals surface area contributed by atoms with E-state index < -0.39 is 0 Å². The molecule has 0 aromatic heterocycles. The van der Waals surface area contributed by atoms with Gasteiger partial charge in [0.25, 0.3) is 0 Å². The molecule has 1 rings (SSSR count). The van der Waals surface area contributed by atoms with Crippen LogP contribution in [-0.2, 0) is 6.42 Å². The van der Waals surface area contributed by atoms with Crippen molar-refractivity contribution in [3.8, 4) is 5.75 Å². The second kappa shape index (κ2) is 9.06. The van der Waals surface area contributed by atoms with Gasteiger partial charge in [0, 0.05) is 6.04 Å². The maximum Gasteiger partial charge on any atom is 0.147 e. The summed E-state index contributed by atoms with van der Waals surface area (Å²) in [7, 11) is 0. The van der Waals surface area contributed by atoms with E-state index in [0.29, 0.717) is 5.92 Å². The lowest BCUT2D eigenvalue weighted by atomic mass is 10.0. The van der Waals surface area contributed by atoms with Crippen molar-refractivity contribution in [1.82, 2.24) is 0 Å². The molecule has 0 radical (unpaired) electrons. The number of rotatable bonds is 8. The molecule has 114 valence electrons. The molecular weight excluding hydrogens is 382 g/mol. The number of nitrogens with two attached hydrogens (primary N) is 1. The molecule has 0 heterocycles. The molecule has 1 aromatic rings. The van der Waals surface area contributed by atoms with Crippen LogP contribution in [0.15, 0.2) is 21.1 Å². The molecule has 4 heteroatoms. The maximum absolute atomic E-state index is 6.01. The molecule has 2 nitrogen and oxygen atoms in total. The smallest absolute Gasteiger partial charge is 0.147 e. The van der Waals surface area contributed by atoms with Crippen LogP contribution in [0, 0.1) is 5.92 Å². The molecule has 20 heavy (non-hydrogen) atoms. The second-order valence-corrected chi connectivity index (χ2v) is 7.17. The third kappa shape index (κ3) is 5.74. The van der Waals surface area contributed by atoms with Gasteiger partial charge in [-0.05, 0) is 74.7 Å². The Kier molecular flexibility index (Phi) is 8.15. The van der Waals surface area contributed by atoms with Crippen LogP contribution in [0.2, 0.25) is 0 Å². The summed E-state index contributed by atoms with van der Waals surface area (Å²) in [4.78, 5) is 0. The number of hydrogen-bond donors (Lipinski definition) is 1. The largest absolute Gasteiger partial charge is 0.491 e. The molecule has 2 N–H and O–H groups in total. The van der Waals surface area contributed by atoms with E-state index >= 15 is 0 Å². The lowest BCUT2D eigenvalue weighted by molar-refractivity contribution is 0.249. The van der Waals surface area contributed by atoms with Gasteiger partial charge in [0.1, 0.15) is 5.75 Å². The predicted octanol–water partition coefficient (Wildman–Crippen LogP) is 5.31. The molecule has 0 amide bonds. The minimum atomic E-state index is 0.213. The first kappa shape index (κ1) is 18.0. The zero-order valence-corrected chi connectivity index (χ0v) is 15.8. The van der Waals surface area contributed by atoms with Crippen molar-refractivity contribution in [2.24, 2.45) is 11.7 Å². The minimum absolute atomic E-state index is 0.213. The highest BCUT2D eigenvalue weighted by atomic mass is 79.9. The first-order valence-corrected chi connectivity index (χ1v) is 8.92. The zero-order chi connectivity index (χ0) is 15.1. The van der Waals surface area contributed by atoms with E-state index in [2.05, 4.69) is 64.8 Å². The molecule has 0 fully saturated rings. The van der Waals surface area contributed by atoms with E-state index in [1.165, 1.54) is 18.4 Å². The fraction of sp³-hybridized carbons (Fsp3) is 0.625. The summed E-state index contributed by atoms with van der Waals surface area (Å²) in [6.45, 7) is 7.29. The van der Waals surface area contributed by atoms with Crippen molar-refractivity contribution in [3.63, 3.8) is 0 Å². The predicted molar refractivity (Wildman–Crippen MR) is 93.4 cm³/mol. The summed E-state index contributed by atoms with van der Waals surface area (Å²) in [5.41, 5.74) is 7.24. The van der Waals surface area contributed by atoms with Gasteiger partial charge in [0.2, 0.25) is 0 Å². The zero-order valence-electron chi connectivity index (χ0n) is 12.6. The van der Waals surface area contributed by atoms with Crippen molar-refractivity contribution < 1.29 is 4.74 Å². The first-order valence-electron chi connectivity index (χ1n) is 7.34. The van der Waals surface area contributed by atoms with Gasteiger partial charge in [0.15, 0.2) is 0 Å². The summed E-state index contributed by atoms with van der Waals surface area (Å²) in [6, 6.07) is 4.44. The van der Waals surface area contributed by atoms with Gasteiger partial charge in [0.05, 0.1) is 15.6 Å². The molecule has 0 aliphatic heterocycles. The van der Waals surface area contributed by atoms with Crippen LogP contribution >= 0.6 is 31.9 Å². The van der Waals surface area contributed by atoms with Crippen molar-refractivity contribution >= 4 is 31.9 Å². The highest BCUT2D eigenvalue weighted by Gasteiger charge is 2.12. The van der Waals surface area contributed by atoms with E-state index in [1.807, 2.05) is 0 Å². The summed E-state index contributed by atoms with van der Waals surface area (Å²) >= 11 is 7.21. The maximum atomic E-state index is 6.01. The van der Waals surface area contributed by atoms with E-state index in [4.69, 9.17) is 10.5 Å². The minimum Gasteiger partial charge on any atom is -0.491 e. The number of benzene rings is 1. The van der Waals surface area contributed by atoms with Crippen LogP contribution in [0.5, 0.6) is 5.75 Å². The average Bonchev–Trinajstić information content (AvgIpc) is 2.37. The molecule has 0 saturated heterocycles. The van der Waals surface area contributed by atoms with Crippen LogP contribution in [0.25, 0.3) is 0 Å². The quantitative estimate of drug-likeness (QED) is 0.634. The standard InChI is InChI=1S/C16H25Br2NO/c1-4-6-11(3)10-20-16-14(17)8-12(9-15(16)18)7-13(19)5-2/h8-9,11,13H,4-7,10,19H2,1-3H3. The topological polar surface area (TPSA) is 35.2 Å². The van der Waals surface area contributed by atoms with E-state index in [-0.39, 0.29) is 6.04 Å².